The van der Waals surface area contributed by atoms with Crippen LogP contribution in [0.15, 0.2) is 29.2 Å². The summed E-state index contributed by atoms with van der Waals surface area (Å²) in [6, 6.07) is 6.96. The third kappa shape index (κ3) is 4.78. The molecule has 1 aromatic rings. The smallest absolute Gasteiger partial charge is 0.249 e. The maximum atomic E-state index is 12.3. The number of ether oxygens (including phenoxy) is 1. The zero-order valence-electron chi connectivity index (χ0n) is 14.0. The molecule has 1 fully saturated rings. The summed E-state index contributed by atoms with van der Waals surface area (Å²) >= 11 is 0. The zero-order valence-corrected chi connectivity index (χ0v) is 14.8. The molecule has 0 saturated carbocycles. The lowest BCUT2D eigenvalue weighted by Gasteiger charge is -2.19. The lowest BCUT2D eigenvalue weighted by Crippen LogP contribution is -2.36. The van der Waals surface area contributed by atoms with Crippen molar-refractivity contribution in [1.29, 1.82) is 0 Å². The highest BCUT2D eigenvalue weighted by Crippen LogP contribution is 2.23. The van der Waals surface area contributed by atoms with Gasteiger partial charge in [0.15, 0.2) is 9.84 Å². The molecular formula is C17H25NO4S. The minimum absolute atomic E-state index is 0.0163. The van der Waals surface area contributed by atoms with Crippen molar-refractivity contribution in [3.63, 3.8) is 0 Å². The van der Waals surface area contributed by atoms with Crippen LogP contribution in [0.25, 0.3) is 0 Å². The Hall–Kier alpha value is -1.40. The van der Waals surface area contributed by atoms with Crippen molar-refractivity contribution in [3.05, 3.63) is 29.8 Å². The van der Waals surface area contributed by atoms with E-state index in [1.54, 1.807) is 12.1 Å². The van der Waals surface area contributed by atoms with E-state index in [0.717, 1.165) is 12.0 Å². The van der Waals surface area contributed by atoms with Gasteiger partial charge in [0.2, 0.25) is 5.91 Å². The molecule has 1 aliphatic heterocycles. The molecule has 0 aliphatic carbocycles. The van der Waals surface area contributed by atoms with Crippen LogP contribution in [0.4, 0.5) is 0 Å². The highest BCUT2D eigenvalue weighted by atomic mass is 32.2. The van der Waals surface area contributed by atoms with Crippen LogP contribution in [0.2, 0.25) is 0 Å². The average molecular weight is 339 g/mol. The van der Waals surface area contributed by atoms with Gasteiger partial charge in [0.1, 0.15) is 6.10 Å². The Morgan fingerprint density at radius 1 is 1.26 bits per heavy atom. The second kappa shape index (κ2) is 7.01. The molecule has 1 atom stereocenters. The molecule has 1 heterocycles. The predicted octanol–water partition coefficient (Wildman–Crippen LogP) is 2.05. The number of hydrogen-bond acceptors (Lipinski definition) is 4. The summed E-state index contributed by atoms with van der Waals surface area (Å²) in [6.45, 7) is 6.93. The molecular weight excluding hydrogens is 314 g/mol. The fourth-order valence-electron chi connectivity index (χ4n) is 2.49. The van der Waals surface area contributed by atoms with Gasteiger partial charge in [0, 0.05) is 13.2 Å². The highest BCUT2D eigenvalue weighted by Gasteiger charge is 2.24. The first kappa shape index (κ1) is 17.9. The molecule has 1 saturated heterocycles. The van der Waals surface area contributed by atoms with Crippen molar-refractivity contribution in [1.82, 2.24) is 5.32 Å². The summed E-state index contributed by atoms with van der Waals surface area (Å²) in [5.41, 5.74) is 1.07. The molecule has 6 heteroatoms. The second-order valence-corrected chi connectivity index (χ2v) is 9.00. The Kier molecular flexibility index (Phi) is 5.47. The highest BCUT2D eigenvalue weighted by molar-refractivity contribution is 7.91. The Morgan fingerprint density at radius 3 is 2.43 bits per heavy atom. The first-order valence-corrected chi connectivity index (χ1v) is 9.58. The fourth-order valence-corrected chi connectivity index (χ4v) is 3.64. The molecule has 1 amide bonds. The maximum Gasteiger partial charge on any atom is 0.249 e. The number of sulfone groups is 1. The number of amides is 1. The summed E-state index contributed by atoms with van der Waals surface area (Å²) in [6.07, 6.45) is 1.15. The lowest BCUT2D eigenvalue weighted by molar-refractivity contribution is -0.129. The van der Waals surface area contributed by atoms with E-state index in [4.69, 9.17) is 4.74 Å². The second-order valence-electron chi connectivity index (χ2n) is 6.89. The fraction of sp³-hybridized carbons (Fsp3) is 0.588. The van der Waals surface area contributed by atoms with Gasteiger partial charge in [-0.05, 0) is 36.0 Å². The number of hydrogen-bond donors (Lipinski definition) is 1. The molecule has 0 aromatic heterocycles. The van der Waals surface area contributed by atoms with Crippen LogP contribution in [0, 0.1) is 0 Å². The van der Waals surface area contributed by atoms with E-state index in [9.17, 15) is 13.2 Å². The third-order valence-electron chi connectivity index (χ3n) is 3.97. The normalized spacial score (nSPS) is 18.8. The summed E-state index contributed by atoms with van der Waals surface area (Å²) in [5, 5.41) is 2.64. The van der Waals surface area contributed by atoms with E-state index in [1.165, 1.54) is 0 Å². The van der Waals surface area contributed by atoms with Crippen LogP contribution in [-0.4, -0.2) is 39.3 Å². The summed E-state index contributed by atoms with van der Waals surface area (Å²) < 4.78 is 29.9. The molecule has 23 heavy (non-hydrogen) atoms. The van der Waals surface area contributed by atoms with Crippen LogP contribution in [0.1, 0.15) is 39.2 Å². The van der Waals surface area contributed by atoms with Gasteiger partial charge in [-0.3, -0.25) is 4.79 Å². The van der Waals surface area contributed by atoms with Gasteiger partial charge in [-0.25, -0.2) is 8.42 Å². The number of carbonyl (C=O) groups is 1. The van der Waals surface area contributed by atoms with Gasteiger partial charge in [-0.2, -0.15) is 0 Å². The van der Waals surface area contributed by atoms with Crippen molar-refractivity contribution >= 4 is 15.7 Å². The minimum Gasteiger partial charge on any atom is -0.368 e. The van der Waals surface area contributed by atoms with Crippen molar-refractivity contribution in [2.75, 3.05) is 18.9 Å². The molecule has 5 nitrogen and oxygen atoms in total. The zero-order chi connectivity index (χ0) is 17.1. The molecule has 0 unspecified atom stereocenters. The van der Waals surface area contributed by atoms with Crippen molar-refractivity contribution in [3.8, 4) is 0 Å². The quantitative estimate of drug-likeness (QED) is 0.891. The maximum absolute atomic E-state index is 12.3. The molecule has 0 bridgehead atoms. The lowest BCUT2D eigenvalue weighted by atomic mass is 9.87. The van der Waals surface area contributed by atoms with Gasteiger partial charge in [-0.1, -0.05) is 32.9 Å². The van der Waals surface area contributed by atoms with Crippen LogP contribution in [-0.2, 0) is 24.8 Å². The van der Waals surface area contributed by atoms with Crippen molar-refractivity contribution in [2.45, 2.75) is 50.0 Å². The molecule has 1 aromatic carbocycles. The molecule has 128 valence electrons. The van der Waals surface area contributed by atoms with Crippen LogP contribution in [0.5, 0.6) is 0 Å². The third-order valence-corrected chi connectivity index (χ3v) is 5.70. The average Bonchev–Trinajstić information content (AvgIpc) is 3.00. The van der Waals surface area contributed by atoms with Crippen molar-refractivity contribution < 1.29 is 17.9 Å². The van der Waals surface area contributed by atoms with Crippen LogP contribution < -0.4 is 5.32 Å². The van der Waals surface area contributed by atoms with E-state index in [0.29, 0.717) is 13.0 Å². The van der Waals surface area contributed by atoms with Gasteiger partial charge in [0.25, 0.3) is 0 Å². The molecule has 2 rings (SSSR count). The Labute approximate surface area is 138 Å². The Balaban J connectivity index is 1.92. The summed E-state index contributed by atoms with van der Waals surface area (Å²) in [5.74, 6) is -0.332. The molecule has 1 aliphatic rings. The Bertz CT molecular complexity index is 638. The van der Waals surface area contributed by atoms with E-state index < -0.39 is 15.9 Å². The largest absolute Gasteiger partial charge is 0.368 e. The van der Waals surface area contributed by atoms with Gasteiger partial charge >= 0.3 is 0 Å². The van der Waals surface area contributed by atoms with E-state index >= 15 is 0 Å². The monoisotopic (exact) mass is 339 g/mol. The summed E-state index contributed by atoms with van der Waals surface area (Å²) in [4.78, 5) is 12.1. The first-order valence-electron chi connectivity index (χ1n) is 7.93. The molecule has 0 radical (unpaired) electrons. The first-order chi connectivity index (χ1) is 10.7. The topological polar surface area (TPSA) is 72.5 Å². The predicted molar refractivity (Wildman–Crippen MR) is 89.2 cm³/mol. The number of rotatable bonds is 5. The number of carbonyl (C=O) groups excluding carboxylic acids is 1. The molecule has 0 spiro atoms. The van der Waals surface area contributed by atoms with Gasteiger partial charge in [-0.15, -0.1) is 0 Å². The Morgan fingerprint density at radius 2 is 1.91 bits per heavy atom. The van der Waals surface area contributed by atoms with Crippen LogP contribution >= 0.6 is 0 Å². The number of nitrogens with one attached hydrogen (secondary N) is 1. The van der Waals surface area contributed by atoms with Gasteiger partial charge < -0.3 is 10.1 Å². The van der Waals surface area contributed by atoms with Gasteiger partial charge in [0.05, 0.1) is 10.6 Å². The minimum atomic E-state index is -3.40. The molecule has 1 N–H and O–H groups in total. The van der Waals surface area contributed by atoms with Crippen molar-refractivity contribution in [2.24, 2.45) is 0 Å². The van der Waals surface area contributed by atoms with E-state index in [-0.39, 0.29) is 28.5 Å². The standard InChI is InChI=1S/C17H25NO4S/c1-17(2,3)13-6-8-14(9-7-13)23(20,21)12-10-18-16(19)15-5-4-11-22-15/h6-9,15H,4-5,10-12H2,1-3H3,(H,18,19)/t15-/m1/s1. The van der Waals surface area contributed by atoms with Crippen LogP contribution in [0.3, 0.4) is 0 Å². The number of benzene rings is 1. The SMILES string of the molecule is CC(C)(C)c1ccc(S(=O)(=O)CCNC(=O)[C@H]2CCCO2)cc1. The van der Waals surface area contributed by atoms with E-state index in [2.05, 4.69) is 26.1 Å². The van der Waals surface area contributed by atoms with E-state index in [1.807, 2.05) is 12.1 Å². The summed E-state index contributed by atoms with van der Waals surface area (Å²) in [7, 11) is -3.40.